The van der Waals surface area contributed by atoms with Gasteiger partial charge in [-0.25, -0.2) is 0 Å². The maximum atomic E-state index is 10.5. The summed E-state index contributed by atoms with van der Waals surface area (Å²) in [5, 5.41) is 6.46. The summed E-state index contributed by atoms with van der Waals surface area (Å²) in [5.41, 5.74) is 7.06. The third-order valence-electron chi connectivity index (χ3n) is 2.30. The van der Waals surface area contributed by atoms with Crippen LogP contribution in [0, 0.1) is 0 Å². The molecule has 0 aliphatic rings. The predicted molar refractivity (Wildman–Crippen MR) is 69.9 cm³/mol. The van der Waals surface area contributed by atoms with E-state index in [1.807, 2.05) is 13.0 Å². The molecule has 0 atom stereocenters. The Morgan fingerprint density at radius 1 is 1.29 bits per heavy atom. The van der Waals surface area contributed by atoms with E-state index in [1.54, 1.807) is 12.4 Å². The largest absolute Gasteiger partial charge is 0.384 e. The summed E-state index contributed by atoms with van der Waals surface area (Å²) in [7, 11) is 0. The number of pyridine rings is 1. The first-order valence-corrected chi connectivity index (χ1v) is 5.93. The van der Waals surface area contributed by atoms with E-state index < -0.39 is 0 Å². The summed E-state index contributed by atoms with van der Waals surface area (Å²) < 4.78 is 0. The lowest BCUT2D eigenvalue weighted by Gasteiger charge is -2.08. The van der Waals surface area contributed by atoms with E-state index in [4.69, 9.17) is 5.73 Å². The summed E-state index contributed by atoms with van der Waals surface area (Å²) in [6.07, 6.45) is 5.78. The van der Waals surface area contributed by atoms with Gasteiger partial charge in [0.2, 0.25) is 5.91 Å². The molecule has 0 saturated carbocycles. The Balaban J connectivity index is 2.26. The SMILES string of the molecule is CCNc1cncc(NCCCCC(N)=O)c1. The van der Waals surface area contributed by atoms with Crippen molar-refractivity contribution in [3.8, 4) is 0 Å². The van der Waals surface area contributed by atoms with E-state index in [2.05, 4.69) is 15.6 Å². The van der Waals surface area contributed by atoms with Gasteiger partial charge in [0.25, 0.3) is 0 Å². The van der Waals surface area contributed by atoms with Gasteiger partial charge < -0.3 is 16.4 Å². The van der Waals surface area contributed by atoms with Gasteiger partial charge in [-0.15, -0.1) is 0 Å². The monoisotopic (exact) mass is 236 g/mol. The molecule has 1 aromatic rings. The average Bonchev–Trinajstić information content (AvgIpc) is 2.29. The number of aromatic nitrogens is 1. The minimum Gasteiger partial charge on any atom is -0.384 e. The van der Waals surface area contributed by atoms with E-state index in [1.165, 1.54) is 0 Å². The zero-order chi connectivity index (χ0) is 12.5. The number of nitrogens with zero attached hydrogens (tertiary/aromatic N) is 1. The Hall–Kier alpha value is -1.78. The van der Waals surface area contributed by atoms with Crippen LogP contribution in [0.3, 0.4) is 0 Å². The second-order valence-corrected chi connectivity index (χ2v) is 3.84. The molecule has 0 unspecified atom stereocenters. The Morgan fingerprint density at radius 3 is 2.65 bits per heavy atom. The quantitative estimate of drug-likeness (QED) is 0.599. The molecule has 0 fully saturated rings. The van der Waals surface area contributed by atoms with Gasteiger partial charge in [-0.05, 0) is 25.8 Å². The van der Waals surface area contributed by atoms with Crippen LogP contribution >= 0.6 is 0 Å². The highest BCUT2D eigenvalue weighted by atomic mass is 16.1. The number of hydrogen-bond donors (Lipinski definition) is 3. The first-order chi connectivity index (χ1) is 8.22. The van der Waals surface area contributed by atoms with Gasteiger partial charge in [-0.3, -0.25) is 9.78 Å². The molecule has 1 heterocycles. The molecule has 0 spiro atoms. The molecule has 0 bridgehead atoms. The number of carbonyl (C=O) groups is 1. The molecule has 1 rings (SSSR count). The van der Waals surface area contributed by atoms with Crippen molar-refractivity contribution in [2.24, 2.45) is 5.73 Å². The fraction of sp³-hybridized carbons (Fsp3) is 0.500. The Bertz CT molecular complexity index is 354. The lowest BCUT2D eigenvalue weighted by Crippen LogP contribution is -2.11. The number of nitrogens with one attached hydrogen (secondary N) is 2. The highest BCUT2D eigenvalue weighted by molar-refractivity contribution is 5.73. The van der Waals surface area contributed by atoms with E-state index in [0.29, 0.717) is 6.42 Å². The van der Waals surface area contributed by atoms with Crippen LogP contribution in [0.15, 0.2) is 18.5 Å². The number of anilines is 2. The average molecular weight is 236 g/mol. The summed E-state index contributed by atoms with van der Waals surface area (Å²) in [6, 6.07) is 2.02. The topological polar surface area (TPSA) is 80.0 Å². The number of primary amides is 1. The zero-order valence-electron chi connectivity index (χ0n) is 10.2. The highest BCUT2D eigenvalue weighted by Gasteiger charge is 1.97. The molecular formula is C12H20N4O. The number of hydrogen-bond acceptors (Lipinski definition) is 4. The third kappa shape index (κ3) is 5.75. The van der Waals surface area contributed by atoms with Gasteiger partial charge >= 0.3 is 0 Å². The Morgan fingerprint density at radius 2 is 2.00 bits per heavy atom. The second kappa shape index (κ2) is 7.49. The van der Waals surface area contributed by atoms with Gasteiger partial charge in [0.15, 0.2) is 0 Å². The molecule has 0 aliphatic heterocycles. The van der Waals surface area contributed by atoms with Crippen molar-refractivity contribution in [1.29, 1.82) is 0 Å². The summed E-state index contributed by atoms with van der Waals surface area (Å²) >= 11 is 0. The Kier molecular flexibility index (Phi) is 5.85. The highest BCUT2D eigenvalue weighted by Crippen LogP contribution is 2.12. The van der Waals surface area contributed by atoms with Crippen LogP contribution in [0.2, 0.25) is 0 Å². The summed E-state index contributed by atoms with van der Waals surface area (Å²) in [6.45, 7) is 3.75. The van der Waals surface area contributed by atoms with Crippen LogP contribution in [0.25, 0.3) is 0 Å². The molecular weight excluding hydrogens is 216 g/mol. The molecule has 1 aromatic heterocycles. The molecule has 0 aliphatic carbocycles. The second-order valence-electron chi connectivity index (χ2n) is 3.84. The molecule has 5 heteroatoms. The fourth-order valence-corrected chi connectivity index (χ4v) is 1.49. The maximum absolute atomic E-state index is 10.5. The first-order valence-electron chi connectivity index (χ1n) is 5.93. The van der Waals surface area contributed by atoms with Crippen molar-refractivity contribution in [2.45, 2.75) is 26.2 Å². The minimum absolute atomic E-state index is 0.235. The van der Waals surface area contributed by atoms with Crippen molar-refractivity contribution in [1.82, 2.24) is 4.98 Å². The van der Waals surface area contributed by atoms with Gasteiger partial charge in [-0.1, -0.05) is 0 Å². The van der Waals surface area contributed by atoms with E-state index in [0.717, 1.165) is 37.3 Å². The van der Waals surface area contributed by atoms with Gasteiger partial charge in [-0.2, -0.15) is 0 Å². The van der Waals surface area contributed by atoms with E-state index >= 15 is 0 Å². The van der Waals surface area contributed by atoms with Crippen LogP contribution in [0.5, 0.6) is 0 Å². The maximum Gasteiger partial charge on any atom is 0.217 e. The number of nitrogens with two attached hydrogens (primary N) is 1. The van der Waals surface area contributed by atoms with Gasteiger partial charge in [0.05, 0.1) is 23.8 Å². The lowest BCUT2D eigenvalue weighted by atomic mass is 10.2. The van der Waals surface area contributed by atoms with Crippen molar-refractivity contribution in [3.63, 3.8) is 0 Å². The normalized spacial score (nSPS) is 9.94. The van der Waals surface area contributed by atoms with E-state index in [-0.39, 0.29) is 5.91 Å². The molecule has 94 valence electrons. The molecule has 1 amide bonds. The first kappa shape index (κ1) is 13.3. The van der Waals surface area contributed by atoms with E-state index in [9.17, 15) is 4.79 Å². The molecule has 0 aromatic carbocycles. The van der Waals surface area contributed by atoms with Gasteiger partial charge in [0, 0.05) is 19.5 Å². The standard InChI is InChI=1S/C12H20N4O/c1-2-15-10-7-11(9-14-8-10)16-6-4-3-5-12(13)17/h7-9,15-16H,2-6H2,1H3,(H2,13,17). The fourth-order valence-electron chi connectivity index (χ4n) is 1.49. The van der Waals surface area contributed by atoms with Crippen molar-refractivity contribution in [2.75, 3.05) is 23.7 Å². The van der Waals surface area contributed by atoms with Crippen LogP contribution < -0.4 is 16.4 Å². The number of carbonyl (C=O) groups excluding carboxylic acids is 1. The summed E-state index contributed by atoms with van der Waals surface area (Å²) in [4.78, 5) is 14.7. The van der Waals surface area contributed by atoms with Crippen LogP contribution in [-0.4, -0.2) is 24.0 Å². The number of rotatable bonds is 8. The van der Waals surface area contributed by atoms with Crippen molar-refractivity contribution >= 4 is 17.3 Å². The van der Waals surface area contributed by atoms with Crippen molar-refractivity contribution in [3.05, 3.63) is 18.5 Å². The Labute approximate surface area is 102 Å². The van der Waals surface area contributed by atoms with Crippen LogP contribution in [-0.2, 0) is 4.79 Å². The van der Waals surface area contributed by atoms with Gasteiger partial charge in [0.1, 0.15) is 0 Å². The molecule has 0 radical (unpaired) electrons. The molecule has 5 nitrogen and oxygen atoms in total. The van der Waals surface area contributed by atoms with Crippen molar-refractivity contribution < 1.29 is 4.79 Å². The predicted octanol–water partition coefficient (Wildman–Crippen LogP) is 1.58. The minimum atomic E-state index is -0.235. The molecule has 0 saturated heterocycles. The lowest BCUT2D eigenvalue weighted by molar-refractivity contribution is -0.118. The number of amides is 1. The van der Waals surface area contributed by atoms with Crippen LogP contribution in [0.4, 0.5) is 11.4 Å². The number of unbranched alkanes of at least 4 members (excludes halogenated alkanes) is 1. The molecule has 17 heavy (non-hydrogen) atoms. The van der Waals surface area contributed by atoms with Crippen LogP contribution in [0.1, 0.15) is 26.2 Å². The third-order valence-corrected chi connectivity index (χ3v) is 2.30. The smallest absolute Gasteiger partial charge is 0.217 e. The zero-order valence-corrected chi connectivity index (χ0v) is 10.2. The summed E-state index contributed by atoms with van der Waals surface area (Å²) in [5.74, 6) is -0.235. The molecule has 4 N–H and O–H groups in total.